The molecular formula is C43H45FN2O5. The van der Waals surface area contributed by atoms with Crippen molar-refractivity contribution in [2.75, 3.05) is 11.9 Å². The van der Waals surface area contributed by atoms with E-state index in [-0.39, 0.29) is 43.7 Å². The van der Waals surface area contributed by atoms with Gasteiger partial charge in [0.2, 0.25) is 0 Å². The first-order valence-electron chi connectivity index (χ1n) is 17.3. The number of rotatable bonds is 17. The quantitative estimate of drug-likeness (QED) is 0.0751. The molecule has 2 atom stereocenters. The maximum absolute atomic E-state index is 14.3. The highest BCUT2D eigenvalue weighted by atomic mass is 19.1. The lowest BCUT2D eigenvalue weighted by molar-refractivity contribution is -0.148. The second-order valence-corrected chi connectivity index (χ2v) is 12.8. The second kappa shape index (κ2) is 18.1. The first-order valence-corrected chi connectivity index (χ1v) is 17.3. The number of amides is 1. The maximum atomic E-state index is 14.3. The zero-order valence-corrected chi connectivity index (χ0v) is 29.1. The molecule has 0 fully saturated rings. The van der Waals surface area contributed by atoms with E-state index in [4.69, 9.17) is 9.47 Å². The fraction of sp³-hybridized carbons (Fsp3) is 0.256. The number of aliphatic hydroxyl groups excluding tert-OH is 1. The van der Waals surface area contributed by atoms with Gasteiger partial charge in [-0.3, -0.25) is 9.59 Å². The van der Waals surface area contributed by atoms with Crippen molar-refractivity contribution < 1.29 is 28.6 Å². The molecule has 0 bridgehead atoms. The van der Waals surface area contributed by atoms with Crippen LogP contribution in [-0.4, -0.2) is 40.4 Å². The number of anilines is 1. The van der Waals surface area contributed by atoms with Gasteiger partial charge in [-0.2, -0.15) is 0 Å². The summed E-state index contributed by atoms with van der Waals surface area (Å²) in [7, 11) is 0. The smallest absolute Gasteiger partial charge is 0.308 e. The van der Waals surface area contributed by atoms with Gasteiger partial charge in [0.25, 0.3) is 5.91 Å². The fourth-order valence-electron chi connectivity index (χ4n) is 6.30. The van der Waals surface area contributed by atoms with Crippen LogP contribution in [0.2, 0.25) is 0 Å². The number of halogens is 1. The number of hydrogen-bond donors (Lipinski definition) is 2. The summed E-state index contributed by atoms with van der Waals surface area (Å²) in [6.45, 7) is 8.50. The number of para-hydroxylation sites is 1. The molecule has 1 heterocycles. The molecule has 0 saturated heterocycles. The lowest BCUT2D eigenvalue weighted by Crippen LogP contribution is -2.26. The molecule has 2 unspecified atom stereocenters. The Hall–Kier alpha value is -5.31. The minimum atomic E-state index is -0.855. The number of aromatic nitrogens is 1. The molecule has 7 nitrogen and oxygen atoms in total. The van der Waals surface area contributed by atoms with E-state index in [2.05, 4.69) is 16.5 Å². The van der Waals surface area contributed by atoms with E-state index in [1.54, 1.807) is 18.2 Å². The largest absolute Gasteiger partial charge is 0.461 e. The van der Waals surface area contributed by atoms with Crippen molar-refractivity contribution in [3.63, 3.8) is 0 Å². The van der Waals surface area contributed by atoms with Crippen LogP contribution in [0.25, 0.3) is 22.4 Å². The summed E-state index contributed by atoms with van der Waals surface area (Å²) in [5.41, 5.74) is 5.89. The number of benzene rings is 4. The van der Waals surface area contributed by atoms with Crippen molar-refractivity contribution in [2.24, 2.45) is 0 Å². The number of esters is 1. The molecule has 1 amide bonds. The normalized spacial score (nSPS) is 12.3. The van der Waals surface area contributed by atoms with Crippen molar-refractivity contribution >= 4 is 17.6 Å². The Morgan fingerprint density at radius 3 is 2.14 bits per heavy atom. The molecule has 264 valence electrons. The van der Waals surface area contributed by atoms with Crippen molar-refractivity contribution in [2.45, 2.75) is 64.4 Å². The fourth-order valence-corrected chi connectivity index (χ4v) is 6.30. The first kappa shape index (κ1) is 37.0. The third kappa shape index (κ3) is 9.90. The third-order valence-electron chi connectivity index (χ3n) is 8.60. The highest BCUT2D eigenvalue weighted by Crippen LogP contribution is 2.42. The standard InChI is InChI=1S/C43H45FN2O5/c1-4-26-50-37(28-38(48)51-29-31-14-8-5-9-15-31)27-36(47)24-25-46-41(30(2)3)40(43(49)45-35-18-12-7-13-19-35)39(32-16-10-6-11-17-32)42(46)33-20-22-34(44)23-21-33/h4-23,30,36-37,47H,1,24-29H2,2-3H3,(H,45,49). The molecule has 51 heavy (non-hydrogen) atoms. The molecule has 4 aromatic carbocycles. The van der Waals surface area contributed by atoms with Gasteiger partial charge in [-0.15, -0.1) is 6.58 Å². The lowest BCUT2D eigenvalue weighted by atomic mass is 9.94. The summed E-state index contributed by atoms with van der Waals surface area (Å²) in [5, 5.41) is 14.5. The van der Waals surface area contributed by atoms with Gasteiger partial charge >= 0.3 is 5.97 Å². The summed E-state index contributed by atoms with van der Waals surface area (Å²) < 4.78 is 27.7. The molecular weight excluding hydrogens is 643 g/mol. The molecule has 1 aromatic heterocycles. The molecule has 0 aliphatic carbocycles. The van der Waals surface area contributed by atoms with Gasteiger partial charge in [0.15, 0.2) is 0 Å². The van der Waals surface area contributed by atoms with Crippen molar-refractivity contribution in [3.8, 4) is 22.4 Å². The van der Waals surface area contributed by atoms with Gasteiger partial charge in [-0.1, -0.05) is 98.8 Å². The molecule has 0 aliphatic rings. The SMILES string of the molecule is C=CCOC(CC(=O)OCc1ccccc1)CC(O)CCn1c(-c2ccc(F)cc2)c(-c2ccccc2)c(C(=O)Nc2ccccc2)c1C(C)C. The molecule has 8 heteroatoms. The van der Waals surface area contributed by atoms with Crippen LogP contribution in [0, 0.1) is 5.82 Å². The van der Waals surface area contributed by atoms with Crippen LogP contribution in [0.4, 0.5) is 10.1 Å². The van der Waals surface area contributed by atoms with Crippen LogP contribution in [0.3, 0.4) is 0 Å². The van der Waals surface area contributed by atoms with E-state index in [1.165, 1.54) is 12.1 Å². The second-order valence-electron chi connectivity index (χ2n) is 12.8. The number of hydrogen-bond acceptors (Lipinski definition) is 5. The van der Waals surface area contributed by atoms with Crippen LogP contribution in [0.15, 0.2) is 128 Å². The minimum absolute atomic E-state index is 0.0265. The zero-order valence-electron chi connectivity index (χ0n) is 29.1. The minimum Gasteiger partial charge on any atom is -0.461 e. The molecule has 2 N–H and O–H groups in total. The average Bonchev–Trinajstić information content (AvgIpc) is 3.49. The average molecular weight is 689 g/mol. The topological polar surface area (TPSA) is 89.8 Å². The molecule has 5 aromatic rings. The first-order chi connectivity index (χ1) is 24.7. The van der Waals surface area contributed by atoms with Crippen LogP contribution < -0.4 is 5.32 Å². The van der Waals surface area contributed by atoms with Crippen LogP contribution in [-0.2, 0) is 27.4 Å². The summed E-state index contributed by atoms with van der Waals surface area (Å²) >= 11 is 0. The van der Waals surface area contributed by atoms with Crippen LogP contribution in [0.5, 0.6) is 0 Å². The number of aliphatic hydroxyl groups is 1. The lowest BCUT2D eigenvalue weighted by Gasteiger charge is -2.22. The van der Waals surface area contributed by atoms with E-state index in [0.29, 0.717) is 24.2 Å². The highest BCUT2D eigenvalue weighted by Gasteiger charge is 2.31. The molecule has 0 radical (unpaired) electrons. The number of nitrogens with zero attached hydrogens (tertiary/aromatic N) is 1. The van der Waals surface area contributed by atoms with Crippen molar-refractivity contribution in [1.29, 1.82) is 0 Å². The van der Waals surface area contributed by atoms with E-state index in [0.717, 1.165) is 33.6 Å². The van der Waals surface area contributed by atoms with Crippen molar-refractivity contribution in [3.05, 3.63) is 151 Å². The number of nitrogens with one attached hydrogen (secondary N) is 1. The molecule has 5 rings (SSSR count). The Kier molecular flexibility index (Phi) is 13.1. The van der Waals surface area contributed by atoms with Crippen LogP contribution in [0.1, 0.15) is 60.6 Å². The summed E-state index contributed by atoms with van der Waals surface area (Å²) in [6.07, 6.45) is 0.605. The van der Waals surface area contributed by atoms with E-state index in [9.17, 15) is 19.1 Å². The maximum Gasteiger partial charge on any atom is 0.308 e. The van der Waals surface area contributed by atoms with E-state index in [1.807, 2.05) is 105 Å². The van der Waals surface area contributed by atoms with E-state index < -0.39 is 18.2 Å². The monoisotopic (exact) mass is 688 g/mol. The zero-order chi connectivity index (χ0) is 36.2. The predicted molar refractivity (Wildman–Crippen MR) is 200 cm³/mol. The van der Waals surface area contributed by atoms with Gasteiger partial charge in [0.05, 0.1) is 36.5 Å². The Labute approximate surface area is 299 Å². The highest BCUT2D eigenvalue weighted by molar-refractivity contribution is 6.12. The van der Waals surface area contributed by atoms with Gasteiger partial charge in [-0.05, 0) is 65.4 Å². The third-order valence-corrected chi connectivity index (χ3v) is 8.60. The Bertz CT molecular complexity index is 1870. The van der Waals surface area contributed by atoms with Gasteiger partial charge < -0.3 is 24.5 Å². The number of ether oxygens (including phenoxy) is 2. The summed E-state index contributed by atoms with van der Waals surface area (Å²) in [4.78, 5) is 27.1. The predicted octanol–water partition coefficient (Wildman–Crippen LogP) is 9.18. The van der Waals surface area contributed by atoms with Gasteiger partial charge in [0, 0.05) is 29.9 Å². The number of carbonyl (C=O) groups excluding carboxylic acids is 2. The molecule has 0 saturated carbocycles. The molecule has 0 spiro atoms. The summed E-state index contributed by atoms with van der Waals surface area (Å²) in [6, 6.07) is 34.7. The summed E-state index contributed by atoms with van der Waals surface area (Å²) in [5.74, 6) is -1.16. The Balaban J connectivity index is 1.48. The van der Waals surface area contributed by atoms with Gasteiger partial charge in [0.1, 0.15) is 12.4 Å². The van der Waals surface area contributed by atoms with E-state index >= 15 is 0 Å². The Morgan fingerprint density at radius 2 is 1.51 bits per heavy atom. The van der Waals surface area contributed by atoms with Crippen molar-refractivity contribution in [1.82, 2.24) is 4.57 Å². The van der Waals surface area contributed by atoms with Gasteiger partial charge in [-0.25, -0.2) is 4.39 Å². The van der Waals surface area contributed by atoms with Crippen LogP contribution >= 0.6 is 0 Å². The Morgan fingerprint density at radius 1 is 0.882 bits per heavy atom. The number of carbonyl (C=O) groups is 2. The molecule has 0 aliphatic heterocycles.